The number of rotatable bonds is 1. The lowest BCUT2D eigenvalue weighted by atomic mass is 9.89. The van der Waals surface area contributed by atoms with Crippen LogP contribution in [0.15, 0.2) is 18.2 Å². The fourth-order valence-electron chi connectivity index (χ4n) is 0.614. The molecule has 1 N–H and O–H groups in total. The highest BCUT2D eigenvalue weighted by Crippen LogP contribution is 2.10. The Hall–Kier alpha value is -0.175. The van der Waals surface area contributed by atoms with Gasteiger partial charge in [0.05, 0.1) is 0 Å². The van der Waals surface area contributed by atoms with Crippen molar-refractivity contribution in [1.29, 1.82) is 0 Å². The van der Waals surface area contributed by atoms with Gasteiger partial charge in [0.25, 0.3) is 0 Å². The second-order valence-electron chi connectivity index (χ2n) is 1.79. The Balaban J connectivity index is 3.09. The third-order valence-electron chi connectivity index (χ3n) is 1.10. The third kappa shape index (κ3) is 1.66. The second kappa shape index (κ2) is 3.29. The maximum atomic E-state index is 8.57. The van der Waals surface area contributed by atoms with Crippen LogP contribution in [0.4, 0.5) is 0 Å². The first-order chi connectivity index (χ1) is 4.74. The van der Waals surface area contributed by atoms with Crippen LogP contribution in [-0.4, -0.2) is 12.5 Å². The molecule has 0 aliphatic rings. The third-order valence-corrected chi connectivity index (χ3v) is 1.68. The van der Waals surface area contributed by atoms with E-state index in [9.17, 15) is 0 Å². The van der Waals surface area contributed by atoms with Gasteiger partial charge in [0.2, 0.25) is 0 Å². The molecule has 1 aromatic rings. The van der Waals surface area contributed by atoms with Crippen molar-refractivity contribution in [2.24, 2.45) is 0 Å². The van der Waals surface area contributed by atoms with Gasteiger partial charge in [-0.05, 0) is 23.7 Å². The van der Waals surface area contributed by atoms with Crippen LogP contribution in [0, 0.1) is 0 Å². The molecule has 0 spiro atoms. The molecule has 0 unspecified atom stereocenters. The molecule has 0 aliphatic heterocycles. The van der Waals surface area contributed by atoms with Crippen LogP contribution < -0.4 is 5.46 Å². The molecule has 10 heavy (non-hydrogen) atoms. The van der Waals surface area contributed by atoms with E-state index in [2.05, 4.69) is 0 Å². The van der Waals surface area contributed by atoms with E-state index in [0.29, 0.717) is 15.5 Å². The Morgan fingerprint density at radius 2 is 2.00 bits per heavy atom. The average Bonchev–Trinajstić information content (AvgIpc) is 1.94. The zero-order valence-electron chi connectivity index (χ0n) is 5.01. The molecule has 1 nitrogen and oxygen atoms in total. The molecule has 0 saturated carbocycles. The van der Waals surface area contributed by atoms with Crippen molar-refractivity contribution >= 4 is 36.1 Å². The number of hydrogen-bond donors (Lipinski definition) is 1. The molecule has 0 saturated heterocycles. The van der Waals surface area contributed by atoms with Crippen LogP contribution in [-0.2, 0) is 0 Å². The quantitative estimate of drug-likeness (QED) is 0.634. The minimum Gasteiger partial charge on any atom is -0.450 e. The molecular formula is C6H4BCl2O. The van der Waals surface area contributed by atoms with Gasteiger partial charge in [0.1, 0.15) is 0 Å². The molecule has 0 atom stereocenters. The lowest BCUT2D eigenvalue weighted by Crippen LogP contribution is -2.14. The molecular weight excluding hydrogens is 170 g/mol. The van der Waals surface area contributed by atoms with Crippen molar-refractivity contribution in [3.05, 3.63) is 28.2 Å². The number of benzene rings is 1. The molecule has 1 aromatic carbocycles. The summed E-state index contributed by atoms with van der Waals surface area (Å²) in [5, 5.41) is 9.63. The molecule has 0 bridgehead atoms. The maximum Gasteiger partial charge on any atom is 0.328 e. The van der Waals surface area contributed by atoms with Gasteiger partial charge in [-0.2, -0.15) is 0 Å². The monoisotopic (exact) mass is 173 g/mol. The summed E-state index contributed by atoms with van der Waals surface area (Å²) in [4.78, 5) is 0. The number of hydrogen-bond acceptors (Lipinski definition) is 1. The largest absolute Gasteiger partial charge is 0.450 e. The minimum absolute atomic E-state index is 0.493. The summed E-state index contributed by atoms with van der Waals surface area (Å²) in [5.74, 6) is 0. The highest BCUT2D eigenvalue weighted by Gasteiger charge is 1.99. The molecule has 4 heteroatoms. The summed E-state index contributed by atoms with van der Waals surface area (Å²) in [6.07, 6.45) is 0. The van der Waals surface area contributed by atoms with E-state index in [0.717, 1.165) is 7.48 Å². The Kier molecular flexibility index (Phi) is 2.60. The number of halogens is 2. The molecule has 1 rings (SSSR count). The van der Waals surface area contributed by atoms with Gasteiger partial charge in [0, 0.05) is 10.0 Å². The second-order valence-corrected chi connectivity index (χ2v) is 2.64. The fraction of sp³-hybridized carbons (Fsp3) is 0. The Morgan fingerprint density at radius 3 is 2.50 bits per heavy atom. The smallest absolute Gasteiger partial charge is 0.328 e. The van der Waals surface area contributed by atoms with Crippen LogP contribution in [0.2, 0.25) is 10.0 Å². The van der Waals surface area contributed by atoms with Gasteiger partial charge in [-0.3, -0.25) is 0 Å². The predicted molar refractivity (Wildman–Crippen MR) is 44.1 cm³/mol. The Labute approximate surface area is 69.9 Å². The summed E-state index contributed by atoms with van der Waals surface area (Å²) in [6.45, 7) is 0. The lowest BCUT2D eigenvalue weighted by molar-refractivity contribution is 0.615. The van der Waals surface area contributed by atoms with E-state index in [1.807, 2.05) is 0 Å². The molecule has 0 aromatic heterocycles. The van der Waals surface area contributed by atoms with Gasteiger partial charge in [0.15, 0.2) is 0 Å². The average molecular weight is 174 g/mol. The van der Waals surface area contributed by atoms with E-state index in [1.54, 1.807) is 18.2 Å². The van der Waals surface area contributed by atoms with Crippen LogP contribution in [0.5, 0.6) is 0 Å². The van der Waals surface area contributed by atoms with Crippen LogP contribution in [0.1, 0.15) is 0 Å². The van der Waals surface area contributed by atoms with E-state index < -0.39 is 0 Å². The maximum absolute atomic E-state index is 8.57. The fourth-order valence-corrected chi connectivity index (χ4v) is 0.960. The van der Waals surface area contributed by atoms with Crippen molar-refractivity contribution in [2.45, 2.75) is 0 Å². The normalized spacial score (nSPS) is 9.50. The highest BCUT2D eigenvalue weighted by molar-refractivity contribution is 6.53. The van der Waals surface area contributed by atoms with Gasteiger partial charge in [-0.25, -0.2) is 0 Å². The molecule has 0 aliphatic carbocycles. The highest BCUT2D eigenvalue weighted by atomic mass is 35.5. The summed E-state index contributed by atoms with van der Waals surface area (Å²) < 4.78 is 0. The van der Waals surface area contributed by atoms with Gasteiger partial charge >= 0.3 is 7.48 Å². The van der Waals surface area contributed by atoms with Crippen molar-refractivity contribution in [3.63, 3.8) is 0 Å². The first-order valence-corrected chi connectivity index (χ1v) is 3.42. The molecule has 1 radical (unpaired) electrons. The van der Waals surface area contributed by atoms with E-state index in [1.165, 1.54) is 0 Å². The Morgan fingerprint density at radius 1 is 1.30 bits per heavy atom. The lowest BCUT2D eigenvalue weighted by Gasteiger charge is -1.97. The van der Waals surface area contributed by atoms with Gasteiger partial charge in [-0.1, -0.05) is 23.2 Å². The summed E-state index contributed by atoms with van der Waals surface area (Å²) >= 11 is 11.3. The zero-order chi connectivity index (χ0) is 7.56. The summed E-state index contributed by atoms with van der Waals surface area (Å²) in [6, 6.07) is 4.88. The Bertz CT molecular complexity index is 239. The molecule has 51 valence electrons. The predicted octanol–water partition coefficient (Wildman–Crippen LogP) is 1.23. The SMILES string of the molecule is O[B]c1cc(Cl)ccc1Cl. The van der Waals surface area contributed by atoms with Crippen molar-refractivity contribution in [3.8, 4) is 0 Å². The summed E-state index contributed by atoms with van der Waals surface area (Å²) in [5.41, 5.74) is 0.536. The van der Waals surface area contributed by atoms with Crippen molar-refractivity contribution in [2.75, 3.05) is 0 Å². The van der Waals surface area contributed by atoms with E-state index in [4.69, 9.17) is 28.2 Å². The first-order valence-electron chi connectivity index (χ1n) is 2.66. The minimum atomic E-state index is 0.493. The van der Waals surface area contributed by atoms with Gasteiger partial charge in [-0.15, -0.1) is 0 Å². The van der Waals surface area contributed by atoms with Crippen LogP contribution in [0.25, 0.3) is 0 Å². The molecule has 0 heterocycles. The summed E-state index contributed by atoms with van der Waals surface area (Å²) in [7, 11) is 0.925. The molecule has 0 amide bonds. The van der Waals surface area contributed by atoms with Gasteiger partial charge < -0.3 is 5.02 Å². The van der Waals surface area contributed by atoms with Crippen molar-refractivity contribution < 1.29 is 5.02 Å². The standard InChI is InChI=1S/C6H4BCl2O/c8-4-1-2-6(9)5(3-4)7-10/h1-3,10H. The zero-order valence-corrected chi connectivity index (χ0v) is 6.52. The van der Waals surface area contributed by atoms with E-state index in [-0.39, 0.29) is 0 Å². The van der Waals surface area contributed by atoms with Crippen LogP contribution >= 0.6 is 23.2 Å². The van der Waals surface area contributed by atoms with Crippen LogP contribution in [0.3, 0.4) is 0 Å². The topological polar surface area (TPSA) is 20.2 Å². The van der Waals surface area contributed by atoms with Crippen molar-refractivity contribution in [1.82, 2.24) is 0 Å². The van der Waals surface area contributed by atoms with E-state index >= 15 is 0 Å². The first kappa shape index (κ1) is 7.93. The molecule has 0 fully saturated rings.